The first-order chi connectivity index (χ1) is 8.97. The quantitative estimate of drug-likeness (QED) is 0.844. The zero-order chi connectivity index (χ0) is 14.4. The second-order valence-electron chi connectivity index (χ2n) is 4.83. The Bertz CT molecular complexity index is 435. The zero-order valence-electron chi connectivity index (χ0n) is 11.4. The summed E-state index contributed by atoms with van der Waals surface area (Å²) in [7, 11) is 1.50. The monoisotopic (exact) mass is 285 g/mol. The van der Waals surface area contributed by atoms with Gasteiger partial charge in [0, 0.05) is 5.56 Å². The summed E-state index contributed by atoms with van der Waals surface area (Å²) in [5.74, 6) is 0.616. The first-order valence-corrected chi connectivity index (χ1v) is 6.61. The van der Waals surface area contributed by atoms with E-state index in [1.807, 2.05) is 13.8 Å². The van der Waals surface area contributed by atoms with Gasteiger partial charge in [-0.2, -0.15) is 0 Å². The summed E-state index contributed by atoms with van der Waals surface area (Å²) < 4.78 is 5.07. The van der Waals surface area contributed by atoms with E-state index >= 15 is 0 Å². The molecule has 1 rings (SSSR count). The van der Waals surface area contributed by atoms with Crippen molar-refractivity contribution in [1.82, 2.24) is 5.32 Å². The maximum Gasteiger partial charge on any atom is 0.251 e. The molecule has 5 heteroatoms. The van der Waals surface area contributed by atoms with Crippen LogP contribution < -0.4 is 10.1 Å². The van der Waals surface area contributed by atoms with Crippen molar-refractivity contribution in [3.63, 3.8) is 0 Å². The highest BCUT2D eigenvalue weighted by Gasteiger charge is 2.15. The van der Waals surface area contributed by atoms with E-state index in [1.165, 1.54) is 7.11 Å². The number of amides is 1. The van der Waals surface area contributed by atoms with Crippen LogP contribution in [0, 0.1) is 5.92 Å². The Labute approximate surface area is 118 Å². The molecule has 0 aromatic heterocycles. The molecule has 0 saturated heterocycles. The average Bonchev–Trinajstić information content (AvgIpc) is 2.37. The molecular formula is C14H20ClNO3. The third-order valence-electron chi connectivity index (χ3n) is 2.72. The molecule has 0 bridgehead atoms. The van der Waals surface area contributed by atoms with Crippen LogP contribution in [0.3, 0.4) is 0 Å². The van der Waals surface area contributed by atoms with E-state index in [1.54, 1.807) is 18.2 Å². The summed E-state index contributed by atoms with van der Waals surface area (Å²) in [4.78, 5) is 12.1. The first-order valence-electron chi connectivity index (χ1n) is 6.23. The molecular weight excluding hydrogens is 266 g/mol. The number of methoxy groups -OCH3 is 1. The average molecular weight is 286 g/mol. The fourth-order valence-electron chi connectivity index (χ4n) is 1.82. The third kappa shape index (κ3) is 4.73. The van der Waals surface area contributed by atoms with E-state index in [2.05, 4.69) is 5.32 Å². The second kappa shape index (κ2) is 7.36. The third-order valence-corrected chi connectivity index (χ3v) is 3.04. The molecule has 1 aromatic rings. The van der Waals surface area contributed by atoms with Gasteiger partial charge >= 0.3 is 0 Å². The summed E-state index contributed by atoms with van der Waals surface area (Å²) in [5.41, 5.74) is 0.462. The van der Waals surface area contributed by atoms with Crippen molar-refractivity contribution >= 4 is 17.5 Å². The summed E-state index contributed by atoms with van der Waals surface area (Å²) >= 11 is 5.91. The van der Waals surface area contributed by atoms with Crippen molar-refractivity contribution in [3.8, 4) is 5.75 Å². The van der Waals surface area contributed by atoms with Crippen molar-refractivity contribution in [2.45, 2.75) is 26.3 Å². The number of hydrogen-bond acceptors (Lipinski definition) is 3. The molecule has 0 saturated carbocycles. The van der Waals surface area contributed by atoms with Gasteiger partial charge in [0.25, 0.3) is 5.91 Å². The van der Waals surface area contributed by atoms with Crippen LogP contribution in [0.2, 0.25) is 5.02 Å². The van der Waals surface area contributed by atoms with Gasteiger partial charge in [0.05, 0.1) is 24.8 Å². The Morgan fingerprint density at radius 2 is 2.16 bits per heavy atom. The molecule has 0 unspecified atom stereocenters. The molecule has 19 heavy (non-hydrogen) atoms. The highest BCUT2D eigenvalue weighted by molar-refractivity contribution is 6.32. The number of carbonyl (C=O) groups is 1. The summed E-state index contributed by atoms with van der Waals surface area (Å²) in [6.45, 7) is 4.01. The lowest BCUT2D eigenvalue weighted by molar-refractivity contribution is 0.0908. The SMILES string of the molecule is COc1cc(C(=O)N[C@H](CO)CC(C)C)ccc1Cl. The molecule has 1 amide bonds. The molecule has 2 N–H and O–H groups in total. The Balaban J connectivity index is 2.77. The molecule has 0 aliphatic carbocycles. The maximum atomic E-state index is 12.1. The molecule has 106 valence electrons. The van der Waals surface area contributed by atoms with Gasteiger partial charge < -0.3 is 15.2 Å². The van der Waals surface area contributed by atoms with Crippen LogP contribution in [0.5, 0.6) is 5.75 Å². The minimum atomic E-state index is -0.242. The topological polar surface area (TPSA) is 58.6 Å². The van der Waals surface area contributed by atoms with Gasteiger partial charge in [0.15, 0.2) is 0 Å². The largest absolute Gasteiger partial charge is 0.495 e. The number of benzene rings is 1. The number of halogens is 1. The van der Waals surface area contributed by atoms with Gasteiger partial charge in [-0.3, -0.25) is 4.79 Å². The summed E-state index contributed by atoms with van der Waals surface area (Å²) in [5, 5.41) is 12.5. The van der Waals surface area contributed by atoms with E-state index in [9.17, 15) is 9.90 Å². The van der Waals surface area contributed by atoms with Gasteiger partial charge in [0.1, 0.15) is 5.75 Å². The normalized spacial score (nSPS) is 12.3. The van der Waals surface area contributed by atoms with Gasteiger partial charge in [0.2, 0.25) is 0 Å². The number of carbonyl (C=O) groups excluding carboxylic acids is 1. The zero-order valence-corrected chi connectivity index (χ0v) is 12.2. The lowest BCUT2D eigenvalue weighted by Gasteiger charge is -2.18. The molecule has 4 nitrogen and oxygen atoms in total. The van der Waals surface area contributed by atoms with Crippen LogP contribution >= 0.6 is 11.6 Å². The number of ether oxygens (including phenoxy) is 1. The van der Waals surface area contributed by atoms with Crippen LogP contribution in [-0.4, -0.2) is 30.8 Å². The number of nitrogens with one attached hydrogen (secondary N) is 1. The van der Waals surface area contributed by atoms with E-state index in [0.29, 0.717) is 22.3 Å². The number of aliphatic hydroxyl groups excluding tert-OH is 1. The Hall–Kier alpha value is -1.26. The number of aliphatic hydroxyl groups is 1. The minimum Gasteiger partial charge on any atom is -0.495 e. The van der Waals surface area contributed by atoms with E-state index < -0.39 is 0 Å². The van der Waals surface area contributed by atoms with Crippen LogP contribution in [0.15, 0.2) is 18.2 Å². The van der Waals surface area contributed by atoms with Crippen molar-refractivity contribution in [3.05, 3.63) is 28.8 Å². The number of rotatable bonds is 6. The highest BCUT2D eigenvalue weighted by atomic mass is 35.5. The lowest BCUT2D eigenvalue weighted by atomic mass is 10.0. The van der Waals surface area contributed by atoms with Gasteiger partial charge in [-0.25, -0.2) is 0 Å². The fourth-order valence-corrected chi connectivity index (χ4v) is 2.01. The summed E-state index contributed by atoms with van der Waals surface area (Å²) in [6, 6.07) is 4.59. The van der Waals surface area contributed by atoms with Crippen molar-refractivity contribution in [1.29, 1.82) is 0 Å². The van der Waals surface area contributed by atoms with Gasteiger partial charge in [-0.1, -0.05) is 25.4 Å². The second-order valence-corrected chi connectivity index (χ2v) is 5.24. The molecule has 0 radical (unpaired) electrons. The van der Waals surface area contributed by atoms with Gasteiger partial charge in [-0.05, 0) is 30.5 Å². The summed E-state index contributed by atoms with van der Waals surface area (Å²) in [6.07, 6.45) is 0.729. The van der Waals surface area contributed by atoms with Crippen LogP contribution in [-0.2, 0) is 0 Å². The van der Waals surface area contributed by atoms with Gasteiger partial charge in [-0.15, -0.1) is 0 Å². The number of hydrogen-bond donors (Lipinski definition) is 2. The van der Waals surface area contributed by atoms with E-state index in [4.69, 9.17) is 16.3 Å². The standard InChI is InChI=1S/C14H20ClNO3/c1-9(2)6-11(8-17)16-14(18)10-4-5-12(15)13(7-10)19-3/h4-5,7,9,11,17H,6,8H2,1-3H3,(H,16,18)/t11-/m0/s1. The molecule has 1 atom stereocenters. The molecule has 0 aliphatic rings. The van der Waals surface area contributed by atoms with Crippen molar-refractivity contribution < 1.29 is 14.6 Å². The molecule has 0 spiro atoms. The molecule has 0 aliphatic heterocycles. The minimum absolute atomic E-state index is 0.0748. The van der Waals surface area contributed by atoms with Crippen LogP contribution in [0.25, 0.3) is 0 Å². The Kier molecular flexibility index (Phi) is 6.12. The molecule has 0 heterocycles. The van der Waals surface area contributed by atoms with E-state index in [-0.39, 0.29) is 18.6 Å². The predicted molar refractivity (Wildman–Crippen MR) is 75.8 cm³/mol. The van der Waals surface area contributed by atoms with Crippen molar-refractivity contribution in [2.75, 3.05) is 13.7 Å². The Morgan fingerprint density at radius 1 is 1.47 bits per heavy atom. The van der Waals surface area contributed by atoms with Crippen molar-refractivity contribution in [2.24, 2.45) is 5.92 Å². The molecule has 1 aromatic carbocycles. The molecule has 0 fully saturated rings. The lowest BCUT2D eigenvalue weighted by Crippen LogP contribution is -2.38. The Morgan fingerprint density at radius 3 is 2.68 bits per heavy atom. The maximum absolute atomic E-state index is 12.1. The van der Waals surface area contributed by atoms with Crippen LogP contribution in [0.4, 0.5) is 0 Å². The van der Waals surface area contributed by atoms with Crippen LogP contribution in [0.1, 0.15) is 30.6 Å². The first kappa shape index (κ1) is 15.8. The fraction of sp³-hybridized carbons (Fsp3) is 0.500. The highest BCUT2D eigenvalue weighted by Crippen LogP contribution is 2.25. The smallest absolute Gasteiger partial charge is 0.251 e. The van der Waals surface area contributed by atoms with E-state index in [0.717, 1.165) is 6.42 Å². The predicted octanol–water partition coefficient (Wildman–Crippen LogP) is 2.49.